The van der Waals surface area contributed by atoms with E-state index in [1.165, 1.54) is 22.2 Å². The van der Waals surface area contributed by atoms with Crippen LogP contribution in [0, 0.1) is 5.92 Å². The number of fused-ring (bicyclic) bond motifs is 3. The van der Waals surface area contributed by atoms with Crippen molar-refractivity contribution in [1.29, 1.82) is 0 Å². The second kappa shape index (κ2) is 7.42. The second-order valence-electron chi connectivity index (χ2n) is 7.56. The molecule has 6 nitrogen and oxygen atoms in total. The Labute approximate surface area is 176 Å². The number of aromatic amines is 1. The van der Waals surface area contributed by atoms with E-state index in [0.29, 0.717) is 17.5 Å². The Hall–Kier alpha value is -2.45. The van der Waals surface area contributed by atoms with Crippen LogP contribution in [0.25, 0.3) is 21.6 Å². The lowest BCUT2D eigenvalue weighted by molar-refractivity contribution is 0.509. The first kappa shape index (κ1) is 18.6. The fraction of sp³-hybridized carbons (Fsp3) is 0.333. The first-order valence-corrected chi connectivity index (χ1v) is 11.5. The first-order chi connectivity index (χ1) is 14.1. The largest absolute Gasteiger partial charge is 0.309 e. The minimum atomic E-state index is -0.0133. The van der Waals surface area contributed by atoms with E-state index in [1.807, 2.05) is 41.9 Å². The third-order valence-corrected chi connectivity index (χ3v) is 7.60. The Morgan fingerprint density at radius 2 is 2.10 bits per heavy atom. The van der Waals surface area contributed by atoms with Gasteiger partial charge in [-0.25, -0.2) is 4.98 Å². The van der Waals surface area contributed by atoms with Gasteiger partial charge in [-0.05, 0) is 30.7 Å². The molecule has 0 saturated carbocycles. The van der Waals surface area contributed by atoms with Gasteiger partial charge >= 0.3 is 0 Å². The molecule has 1 aliphatic carbocycles. The first-order valence-electron chi connectivity index (χ1n) is 9.71. The van der Waals surface area contributed by atoms with E-state index in [-0.39, 0.29) is 5.56 Å². The number of H-pyrrole nitrogens is 1. The molecule has 0 aliphatic heterocycles. The molecule has 4 aromatic rings. The standard InChI is InChI=1S/C21H21N5OS2/c1-12-8-9-14-15(10-12)29-20-17(14)19(27)22-16(23-20)11-28-21-25-24-18(26(21)2)13-6-4-3-5-7-13/h3-7,12H,8-11H2,1-2H3,(H,22,23,27). The summed E-state index contributed by atoms with van der Waals surface area (Å²) < 4.78 is 1.97. The number of aromatic nitrogens is 5. The number of hydrogen-bond donors (Lipinski definition) is 1. The molecule has 0 saturated heterocycles. The van der Waals surface area contributed by atoms with E-state index < -0.39 is 0 Å². The van der Waals surface area contributed by atoms with Gasteiger partial charge in [0, 0.05) is 17.5 Å². The number of nitrogens with one attached hydrogen (secondary N) is 1. The van der Waals surface area contributed by atoms with Crippen molar-refractivity contribution in [1.82, 2.24) is 24.7 Å². The summed E-state index contributed by atoms with van der Waals surface area (Å²) >= 11 is 3.21. The lowest BCUT2D eigenvalue weighted by atomic mass is 9.89. The zero-order chi connectivity index (χ0) is 20.0. The van der Waals surface area contributed by atoms with Crippen molar-refractivity contribution >= 4 is 33.3 Å². The van der Waals surface area contributed by atoms with Crippen LogP contribution in [-0.4, -0.2) is 24.7 Å². The van der Waals surface area contributed by atoms with Crippen molar-refractivity contribution in [2.24, 2.45) is 13.0 Å². The predicted molar refractivity (Wildman–Crippen MR) is 117 cm³/mol. The molecule has 0 fully saturated rings. The molecular weight excluding hydrogens is 402 g/mol. The number of nitrogens with zero attached hydrogens (tertiary/aromatic N) is 4. The van der Waals surface area contributed by atoms with E-state index in [4.69, 9.17) is 4.98 Å². The molecule has 8 heteroatoms. The maximum atomic E-state index is 12.8. The third-order valence-electron chi connectivity index (χ3n) is 5.42. The van der Waals surface area contributed by atoms with Crippen LogP contribution in [0.5, 0.6) is 0 Å². The zero-order valence-electron chi connectivity index (χ0n) is 16.3. The molecule has 29 heavy (non-hydrogen) atoms. The van der Waals surface area contributed by atoms with Crippen LogP contribution in [0.2, 0.25) is 0 Å². The quantitative estimate of drug-likeness (QED) is 0.498. The minimum Gasteiger partial charge on any atom is -0.309 e. The van der Waals surface area contributed by atoms with Gasteiger partial charge in [0.05, 0.1) is 11.1 Å². The summed E-state index contributed by atoms with van der Waals surface area (Å²) in [5.41, 5.74) is 2.23. The van der Waals surface area contributed by atoms with Crippen molar-refractivity contribution in [3.8, 4) is 11.4 Å². The molecule has 0 radical (unpaired) electrons. The highest BCUT2D eigenvalue weighted by atomic mass is 32.2. The van der Waals surface area contributed by atoms with Crippen molar-refractivity contribution in [3.05, 3.63) is 57.0 Å². The molecule has 1 atom stereocenters. The van der Waals surface area contributed by atoms with Crippen molar-refractivity contribution < 1.29 is 0 Å². The predicted octanol–water partition coefficient (Wildman–Crippen LogP) is 4.20. The molecule has 1 aliphatic rings. The number of hydrogen-bond acceptors (Lipinski definition) is 6. The van der Waals surface area contributed by atoms with Crippen LogP contribution < -0.4 is 5.56 Å². The molecule has 1 N–H and O–H groups in total. The van der Waals surface area contributed by atoms with Gasteiger partial charge in [-0.2, -0.15) is 0 Å². The lowest BCUT2D eigenvalue weighted by Gasteiger charge is -2.17. The fourth-order valence-electron chi connectivity index (χ4n) is 3.87. The highest BCUT2D eigenvalue weighted by Crippen LogP contribution is 2.36. The summed E-state index contributed by atoms with van der Waals surface area (Å²) in [6, 6.07) is 10.00. The van der Waals surface area contributed by atoms with E-state index in [1.54, 1.807) is 11.3 Å². The Morgan fingerprint density at radius 1 is 1.28 bits per heavy atom. The fourth-order valence-corrected chi connectivity index (χ4v) is 6.06. The van der Waals surface area contributed by atoms with Gasteiger partial charge in [0.15, 0.2) is 11.0 Å². The van der Waals surface area contributed by atoms with Gasteiger partial charge in [0.2, 0.25) is 0 Å². The molecular formula is C21H21N5OS2. The smallest absolute Gasteiger partial charge is 0.259 e. The third kappa shape index (κ3) is 3.40. The zero-order valence-corrected chi connectivity index (χ0v) is 17.9. The molecule has 0 spiro atoms. The second-order valence-corrected chi connectivity index (χ2v) is 9.59. The maximum absolute atomic E-state index is 12.8. The number of aryl methyl sites for hydroxylation is 1. The van der Waals surface area contributed by atoms with E-state index in [2.05, 4.69) is 22.1 Å². The number of rotatable bonds is 4. The molecule has 3 heterocycles. The highest BCUT2D eigenvalue weighted by molar-refractivity contribution is 7.98. The van der Waals surface area contributed by atoms with Crippen LogP contribution in [0.4, 0.5) is 0 Å². The summed E-state index contributed by atoms with van der Waals surface area (Å²) in [6.07, 6.45) is 3.18. The van der Waals surface area contributed by atoms with E-state index in [9.17, 15) is 4.79 Å². The van der Waals surface area contributed by atoms with Crippen molar-refractivity contribution in [2.75, 3.05) is 0 Å². The van der Waals surface area contributed by atoms with Crippen molar-refractivity contribution in [2.45, 2.75) is 37.1 Å². The van der Waals surface area contributed by atoms with Crippen LogP contribution in [0.15, 0.2) is 40.3 Å². The molecule has 0 bridgehead atoms. The van der Waals surface area contributed by atoms with E-state index >= 15 is 0 Å². The summed E-state index contributed by atoms with van der Waals surface area (Å²) in [5, 5.41) is 10.2. The van der Waals surface area contributed by atoms with Gasteiger partial charge in [-0.3, -0.25) is 4.79 Å². The van der Waals surface area contributed by atoms with Gasteiger partial charge < -0.3 is 9.55 Å². The van der Waals surface area contributed by atoms with Gasteiger partial charge in [-0.15, -0.1) is 21.5 Å². The average Bonchev–Trinajstić information content (AvgIpc) is 3.26. The van der Waals surface area contributed by atoms with E-state index in [0.717, 1.165) is 46.0 Å². The van der Waals surface area contributed by atoms with Crippen LogP contribution in [-0.2, 0) is 25.6 Å². The van der Waals surface area contributed by atoms with Gasteiger partial charge in [0.1, 0.15) is 10.7 Å². The van der Waals surface area contributed by atoms with Gasteiger partial charge in [0.25, 0.3) is 5.56 Å². The minimum absolute atomic E-state index is 0.0133. The van der Waals surface area contributed by atoms with Crippen LogP contribution in [0.3, 0.4) is 0 Å². The molecule has 1 aromatic carbocycles. The number of benzene rings is 1. The topological polar surface area (TPSA) is 76.5 Å². The monoisotopic (exact) mass is 423 g/mol. The average molecular weight is 424 g/mol. The molecule has 148 valence electrons. The summed E-state index contributed by atoms with van der Waals surface area (Å²) in [7, 11) is 1.96. The SMILES string of the molecule is CC1CCc2c(sc3nc(CSc4nnc(-c5ccccc5)n4C)[nH]c(=O)c23)C1. The van der Waals surface area contributed by atoms with Crippen LogP contribution in [0.1, 0.15) is 29.6 Å². The Bertz CT molecular complexity index is 1240. The summed E-state index contributed by atoms with van der Waals surface area (Å²) in [4.78, 5) is 22.7. The summed E-state index contributed by atoms with van der Waals surface area (Å²) in [5.74, 6) is 2.73. The number of thiophene rings is 1. The maximum Gasteiger partial charge on any atom is 0.259 e. The van der Waals surface area contributed by atoms with Crippen molar-refractivity contribution in [3.63, 3.8) is 0 Å². The van der Waals surface area contributed by atoms with Gasteiger partial charge in [-0.1, -0.05) is 49.0 Å². The lowest BCUT2D eigenvalue weighted by Crippen LogP contribution is -2.14. The molecule has 5 rings (SSSR count). The Morgan fingerprint density at radius 3 is 2.93 bits per heavy atom. The number of thioether (sulfide) groups is 1. The van der Waals surface area contributed by atoms with Crippen LogP contribution >= 0.6 is 23.1 Å². The molecule has 3 aromatic heterocycles. The normalized spacial score (nSPS) is 16.3. The molecule has 0 amide bonds. The highest BCUT2D eigenvalue weighted by Gasteiger charge is 2.23. The Balaban J connectivity index is 1.40. The summed E-state index contributed by atoms with van der Waals surface area (Å²) in [6.45, 7) is 2.28. The molecule has 1 unspecified atom stereocenters. The Kier molecular flexibility index (Phi) is 4.75.